The van der Waals surface area contributed by atoms with Gasteiger partial charge >= 0.3 is 0 Å². The number of nitrogens with one attached hydrogen (secondary N) is 1. The van der Waals surface area contributed by atoms with Crippen LogP contribution in [0.3, 0.4) is 0 Å². The molecule has 19 heavy (non-hydrogen) atoms. The molecule has 1 rings (SSSR count). The van der Waals surface area contributed by atoms with Gasteiger partial charge in [0.1, 0.15) is 0 Å². The summed E-state index contributed by atoms with van der Waals surface area (Å²) < 4.78 is 0. The molecule has 0 aromatic heterocycles. The molecule has 3 nitrogen and oxygen atoms in total. The monoisotopic (exact) mass is 286 g/mol. The first-order valence-electron chi connectivity index (χ1n) is 7.51. The van der Waals surface area contributed by atoms with Crippen LogP contribution < -0.4 is 5.32 Å². The Kier molecular flexibility index (Phi) is 7.84. The Morgan fingerprint density at radius 2 is 2.21 bits per heavy atom. The third-order valence-corrected chi connectivity index (χ3v) is 5.07. The van der Waals surface area contributed by atoms with Gasteiger partial charge in [0.15, 0.2) is 0 Å². The molecule has 0 bridgehead atoms. The number of piperidine rings is 1. The molecule has 1 aliphatic heterocycles. The third kappa shape index (κ3) is 5.74. The van der Waals surface area contributed by atoms with Gasteiger partial charge in [-0.15, -0.1) is 0 Å². The highest BCUT2D eigenvalue weighted by Crippen LogP contribution is 2.23. The quantitative estimate of drug-likeness (QED) is 0.781. The zero-order chi connectivity index (χ0) is 14.3. The van der Waals surface area contributed by atoms with E-state index in [2.05, 4.69) is 25.4 Å². The molecule has 1 amide bonds. The second-order valence-corrected chi connectivity index (χ2v) is 6.91. The van der Waals surface area contributed by atoms with Crippen LogP contribution in [0.25, 0.3) is 0 Å². The number of carbonyl (C=O) groups excluding carboxylic acids is 1. The van der Waals surface area contributed by atoms with Crippen LogP contribution in [0.4, 0.5) is 0 Å². The fraction of sp³-hybridized carbons (Fsp3) is 0.933. The molecule has 1 fully saturated rings. The lowest BCUT2D eigenvalue weighted by molar-refractivity contribution is -0.133. The predicted octanol–water partition coefficient (Wildman–Crippen LogP) is 2.61. The Morgan fingerprint density at radius 1 is 1.47 bits per heavy atom. The molecule has 3 atom stereocenters. The van der Waals surface area contributed by atoms with Crippen LogP contribution >= 0.6 is 11.8 Å². The maximum Gasteiger partial charge on any atom is 0.222 e. The topological polar surface area (TPSA) is 32.3 Å². The molecule has 1 N–H and O–H groups in total. The van der Waals surface area contributed by atoms with Gasteiger partial charge in [0.25, 0.3) is 0 Å². The lowest BCUT2D eigenvalue weighted by atomic mass is 9.85. The summed E-state index contributed by atoms with van der Waals surface area (Å²) in [5.41, 5.74) is 0. The second-order valence-electron chi connectivity index (χ2n) is 5.92. The summed E-state index contributed by atoms with van der Waals surface area (Å²) in [5, 5.41) is 3.44. The fourth-order valence-electron chi connectivity index (χ4n) is 2.68. The molecule has 1 heterocycles. The Bertz CT molecular complexity index is 267. The highest BCUT2D eigenvalue weighted by molar-refractivity contribution is 7.98. The van der Waals surface area contributed by atoms with Crippen molar-refractivity contribution in [3.05, 3.63) is 0 Å². The Morgan fingerprint density at radius 3 is 2.79 bits per heavy atom. The predicted molar refractivity (Wildman–Crippen MR) is 84.6 cm³/mol. The van der Waals surface area contributed by atoms with E-state index in [1.807, 2.05) is 23.7 Å². The van der Waals surface area contributed by atoms with Crippen LogP contribution in [-0.4, -0.2) is 49.0 Å². The minimum atomic E-state index is 0.312. The lowest BCUT2D eigenvalue weighted by Gasteiger charge is -2.31. The summed E-state index contributed by atoms with van der Waals surface area (Å²) in [6, 6.07) is 0.358. The number of amides is 1. The maximum atomic E-state index is 12.3. The summed E-state index contributed by atoms with van der Waals surface area (Å²) >= 11 is 1.85. The van der Waals surface area contributed by atoms with E-state index in [1.54, 1.807) is 0 Å². The van der Waals surface area contributed by atoms with Crippen molar-refractivity contribution in [3.63, 3.8) is 0 Å². The molecule has 0 radical (unpaired) electrons. The van der Waals surface area contributed by atoms with Gasteiger partial charge in [-0.05, 0) is 63.1 Å². The van der Waals surface area contributed by atoms with Gasteiger partial charge in [0.05, 0.1) is 0 Å². The van der Waals surface area contributed by atoms with Crippen LogP contribution in [0, 0.1) is 11.8 Å². The molecular formula is C15H30N2OS. The van der Waals surface area contributed by atoms with Crippen LogP contribution in [-0.2, 0) is 4.79 Å². The number of carbonyl (C=O) groups is 1. The smallest absolute Gasteiger partial charge is 0.222 e. The van der Waals surface area contributed by atoms with Crippen molar-refractivity contribution in [2.75, 3.05) is 32.1 Å². The van der Waals surface area contributed by atoms with E-state index < -0.39 is 0 Å². The number of rotatable bonds is 7. The number of nitrogens with zero attached hydrogens (tertiary/aromatic N) is 1. The average Bonchev–Trinajstić information content (AvgIpc) is 2.44. The van der Waals surface area contributed by atoms with Crippen molar-refractivity contribution >= 4 is 17.7 Å². The summed E-state index contributed by atoms with van der Waals surface area (Å²) in [5.74, 6) is 2.61. The van der Waals surface area contributed by atoms with Crippen LogP contribution in [0.2, 0.25) is 0 Å². The SMILES string of the molecule is CSCCC(C)N(C)C(=O)CC(C)C1CCCNC1. The van der Waals surface area contributed by atoms with Crippen molar-refractivity contribution in [3.8, 4) is 0 Å². The second kappa shape index (κ2) is 8.85. The van der Waals surface area contributed by atoms with Gasteiger partial charge in [-0.3, -0.25) is 4.79 Å². The Hall–Kier alpha value is -0.220. The molecule has 0 saturated carbocycles. The fourth-order valence-corrected chi connectivity index (χ4v) is 3.26. The highest BCUT2D eigenvalue weighted by Gasteiger charge is 2.24. The molecule has 0 aromatic rings. The Labute approximate surface area is 122 Å². The molecule has 112 valence electrons. The van der Waals surface area contributed by atoms with Gasteiger partial charge < -0.3 is 10.2 Å². The third-order valence-electron chi connectivity index (χ3n) is 4.43. The van der Waals surface area contributed by atoms with Gasteiger partial charge in [0.2, 0.25) is 5.91 Å². The van der Waals surface area contributed by atoms with Crippen LogP contribution in [0.5, 0.6) is 0 Å². The molecule has 1 aliphatic rings. The Balaban J connectivity index is 2.35. The van der Waals surface area contributed by atoms with E-state index in [9.17, 15) is 4.79 Å². The number of hydrogen-bond acceptors (Lipinski definition) is 3. The van der Waals surface area contributed by atoms with Gasteiger partial charge in [-0.1, -0.05) is 6.92 Å². The van der Waals surface area contributed by atoms with E-state index >= 15 is 0 Å². The molecule has 0 aliphatic carbocycles. The zero-order valence-electron chi connectivity index (χ0n) is 12.9. The lowest BCUT2D eigenvalue weighted by Crippen LogP contribution is -2.39. The number of thioether (sulfide) groups is 1. The first-order chi connectivity index (χ1) is 9.06. The molecular weight excluding hydrogens is 256 g/mol. The summed E-state index contributed by atoms with van der Waals surface area (Å²) in [6.07, 6.45) is 6.43. The molecule has 1 saturated heterocycles. The average molecular weight is 286 g/mol. The van der Waals surface area contributed by atoms with Crippen molar-refractivity contribution in [2.24, 2.45) is 11.8 Å². The van der Waals surface area contributed by atoms with Crippen molar-refractivity contribution in [1.29, 1.82) is 0 Å². The van der Waals surface area contributed by atoms with E-state index in [0.717, 1.165) is 25.3 Å². The zero-order valence-corrected chi connectivity index (χ0v) is 13.8. The van der Waals surface area contributed by atoms with Gasteiger partial charge in [-0.25, -0.2) is 0 Å². The standard InChI is InChI=1S/C15H30N2OS/c1-12(14-6-5-8-16-11-14)10-15(18)17(3)13(2)7-9-19-4/h12-14,16H,5-11H2,1-4H3. The molecule has 0 aromatic carbocycles. The van der Waals surface area contributed by atoms with Crippen LogP contribution in [0.1, 0.15) is 39.5 Å². The summed E-state index contributed by atoms with van der Waals surface area (Å²) in [4.78, 5) is 14.2. The summed E-state index contributed by atoms with van der Waals surface area (Å²) in [6.45, 7) is 6.61. The van der Waals surface area contributed by atoms with Crippen LogP contribution in [0.15, 0.2) is 0 Å². The van der Waals surface area contributed by atoms with E-state index in [-0.39, 0.29) is 0 Å². The molecule has 3 unspecified atom stereocenters. The van der Waals surface area contributed by atoms with Crippen molar-refractivity contribution in [2.45, 2.75) is 45.6 Å². The van der Waals surface area contributed by atoms with Crippen molar-refractivity contribution in [1.82, 2.24) is 10.2 Å². The minimum Gasteiger partial charge on any atom is -0.343 e. The van der Waals surface area contributed by atoms with E-state index in [4.69, 9.17) is 0 Å². The van der Waals surface area contributed by atoms with Gasteiger partial charge in [0, 0.05) is 19.5 Å². The minimum absolute atomic E-state index is 0.312. The largest absolute Gasteiger partial charge is 0.343 e. The van der Waals surface area contributed by atoms with E-state index in [0.29, 0.717) is 30.2 Å². The normalized spacial score (nSPS) is 22.8. The summed E-state index contributed by atoms with van der Waals surface area (Å²) in [7, 11) is 1.96. The maximum absolute atomic E-state index is 12.3. The molecule has 0 spiro atoms. The van der Waals surface area contributed by atoms with Crippen molar-refractivity contribution < 1.29 is 4.79 Å². The highest BCUT2D eigenvalue weighted by atomic mass is 32.2. The molecule has 4 heteroatoms. The van der Waals surface area contributed by atoms with E-state index in [1.165, 1.54) is 12.8 Å². The van der Waals surface area contributed by atoms with Gasteiger partial charge in [-0.2, -0.15) is 11.8 Å². The first-order valence-corrected chi connectivity index (χ1v) is 8.91. The first kappa shape index (κ1) is 16.8. The number of hydrogen-bond donors (Lipinski definition) is 1.